The van der Waals surface area contributed by atoms with Gasteiger partial charge in [-0.3, -0.25) is 14.4 Å². The van der Waals surface area contributed by atoms with Gasteiger partial charge in [0, 0.05) is 23.2 Å². The van der Waals surface area contributed by atoms with E-state index in [1.165, 1.54) is 0 Å². The zero-order valence-corrected chi connectivity index (χ0v) is 17.0. The summed E-state index contributed by atoms with van der Waals surface area (Å²) in [5.41, 5.74) is 0.703. The Kier molecular flexibility index (Phi) is 8.87. The highest BCUT2D eigenvalue weighted by atomic mass is 32.1. The molecule has 0 saturated carbocycles. The van der Waals surface area contributed by atoms with Crippen LogP contribution in [0.5, 0.6) is 0 Å². The van der Waals surface area contributed by atoms with Gasteiger partial charge in [0.2, 0.25) is 5.91 Å². The number of benzene rings is 1. The molecule has 8 heteroatoms. The Morgan fingerprint density at radius 3 is 2.48 bits per heavy atom. The molecule has 1 rings (SSSR count). The fraction of sp³-hybridized carbons (Fsp3) is 0.474. The van der Waals surface area contributed by atoms with E-state index in [1.807, 2.05) is 27.7 Å². The molecule has 27 heavy (non-hydrogen) atoms. The third-order valence-corrected chi connectivity index (χ3v) is 3.35. The number of amides is 2. The number of thiocarbonyl (C=S) groups is 1. The van der Waals surface area contributed by atoms with Crippen molar-refractivity contribution in [2.45, 2.75) is 52.5 Å². The molecule has 0 aliphatic heterocycles. The van der Waals surface area contributed by atoms with Gasteiger partial charge in [-0.1, -0.05) is 13.0 Å². The molecular weight excluding hydrogens is 366 g/mol. The average Bonchev–Trinajstić information content (AvgIpc) is 2.56. The van der Waals surface area contributed by atoms with E-state index in [0.717, 1.165) is 6.42 Å². The van der Waals surface area contributed by atoms with Gasteiger partial charge in [0.1, 0.15) is 0 Å². The monoisotopic (exact) mass is 393 g/mol. The number of nitrogens with one attached hydrogen (secondary N) is 3. The molecule has 1 aromatic rings. The van der Waals surface area contributed by atoms with Gasteiger partial charge in [0.05, 0.1) is 13.0 Å². The van der Waals surface area contributed by atoms with Gasteiger partial charge >= 0.3 is 5.97 Å². The summed E-state index contributed by atoms with van der Waals surface area (Å²) in [6.45, 7) is 7.94. The van der Waals surface area contributed by atoms with E-state index in [4.69, 9.17) is 17.0 Å². The van der Waals surface area contributed by atoms with Gasteiger partial charge in [0.25, 0.3) is 5.91 Å². The van der Waals surface area contributed by atoms with Crippen LogP contribution in [0.15, 0.2) is 24.3 Å². The number of esters is 1. The summed E-state index contributed by atoms with van der Waals surface area (Å²) in [5.74, 6) is -1.00. The predicted molar refractivity (Wildman–Crippen MR) is 109 cm³/mol. The number of hydrogen-bond acceptors (Lipinski definition) is 5. The molecule has 0 unspecified atom stereocenters. The lowest BCUT2D eigenvalue weighted by atomic mass is 10.1. The maximum atomic E-state index is 12.2. The quantitative estimate of drug-likeness (QED) is 0.487. The lowest BCUT2D eigenvalue weighted by molar-refractivity contribution is -0.144. The van der Waals surface area contributed by atoms with Crippen molar-refractivity contribution < 1.29 is 19.1 Å². The predicted octanol–water partition coefficient (Wildman–Crippen LogP) is 2.76. The first-order valence-corrected chi connectivity index (χ1v) is 9.20. The Labute approximate surface area is 165 Å². The Hall–Kier alpha value is -2.48. The zero-order chi connectivity index (χ0) is 20.4. The van der Waals surface area contributed by atoms with Crippen molar-refractivity contribution in [2.24, 2.45) is 0 Å². The number of anilines is 1. The molecule has 0 atom stereocenters. The van der Waals surface area contributed by atoms with Crippen LogP contribution in [0, 0.1) is 0 Å². The van der Waals surface area contributed by atoms with Crippen molar-refractivity contribution in [3.05, 3.63) is 29.8 Å². The third-order valence-electron chi connectivity index (χ3n) is 3.15. The fourth-order valence-corrected chi connectivity index (χ4v) is 2.24. The third kappa shape index (κ3) is 9.69. The smallest absolute Gasteiger partial charge is 0.306 e. The molecule has 7 nitrogen and oxygen atoms in total. The average molecular weight is 394 g/mol. The minimum Gasteiger partial charge on any atom is -0.466 e. The van der Waals surface area contributed by atoms with Crippen LogP contribution in [0.1, 0.15) is 57.3 Å². The van der Waals surface area contributed by atoms with Gasteiger partial charge < -0.3 is 20.7 Å². The van der Waals surface area contributed by atoms with E-state index in [1.54, 1.807) is 24.3 Å². The molecule has 0 saturated heterocycles. The molecule has 0 aliphatic rings. The molecular formula is C19H27N3O4S. The van der Waals surface area contributed by atoms with Crippen molar-refractivity contribution in [2.75, 3.05) is 11.9 Å². The van der Waals surface area contributed by atoms with E-state index >= 15 is 0 Å². The molecule has 0 aliphatic carbocycles. The van der Waals surface area contributed by atoms with E-state index in [-0.39, 0.29) is 35.3 Å². The van der Waals surface area contributed by atoms with Gasteiger partial charge in [0.15, 0.2) is 5.11 Å². The summed E-state index contributed by atoms with van der Waals surface area (Å²) >= 11 is 5.10. The Bertz CT molecular complexity index is 698. The fourth-order valence-electron chi connectivity index (χ4n) is 2.01. The standard InChI is InChI=1S/C19H27N3O4S/c1-5-11-26-16(24)10-9-15(23)21-18(27)20-14-8-6-7-13(12-14)17(25)22-19(2,3)4/h6-8,12H,5,9-11H2,1-4H3,(H,22,25)(H2,20,21,23,27). The van der Waals surface area contributed by atoms with Crippen LogP contribution in [0.3, 0.4) is 0 Å². The normalized spacial score (nSPS) is 10.7. The van der Waals surface area contributed by atoms with Crippen LogP contribution in [-0.2, 0) is 14.3 Å². The molecule has 0 bridgehead atoms. The Balaban J connectivity index is 2.52. The molecule has 148 valence electrons. The number of hydrogen-bond donors (Lipinski definition) is 3. The second-order valence-electron chi connectivity index (χ2n) is 7.01. The highest BCUT2D eigenvalue weighted by Gasteiger charge is 2.15. The Morgan fingerprint density at radius 2 is 1.85 bits per heavy atom. The van der Waals surface area contributed by atoms with E-state index in [9.17, 15) is 14.4 Å². The summed E-state index contributed by atoms with van der Waals surface area (Å²) in [5, 5.41) is 8.33. The van der Waals surface area contributed by atoms with Gasteiger partial charge in [-0.25, -0.2) is 0 Å². The van der Waals surface area contributed by atoms with Gasteiger partial charge in [-0.15, -0.1) is 0 Å². The SMILES string of the molecule is CCCOC(=O)CCC(=O)NC(=S)Nc1cccc(C(=O)NC(C)(C)C)c1. The lowest BCUT2D eigenvalue weighted by Gasteiger charge is -2.20. The lowest BCUT2D eigenvalue weighted by Crippen LogP contribution is -2.40. The topological polar surface area (TPSA) is 96.5 Å². The minimum atomic E-state index is -0.413. The molecule has 1 aromatic carbocycles. The summed E-state index contributed by atoms with van der Waals surface area (Å²) in [6, 6.07) is 6.78. The maximum absolute atomic E-state index is 12.2. The first-order valence-electron chi connectivity index (χ1n) is 8.79. The maximum Gasteiger partial charge on any atom is 0.306 e. The van der Waals surface area contributed by atoms with Crippen LogP contribution in [0.25, 0.3) is 0 Å². The first kappa shape index (κ1) is 22.6. The first-order chi connectivity index (χ1) is 12.6. The highest BCUT2D eigenvalue weighted by Crippen LogP contribution is 2.12. The van der Waals surface area contributed by atoms with Gasteiger partial charge in [-0.05, 0) is 57.6 Å². The van der Waals surface area contributed by atoms with E-state index < -0.39 is 5.97 Å². The number of carbonyl (C=O) groups is 3. The molecule has 0 heterocycles. The van der Waals surface area contributed by atoms with Crippen LogP contribution < -0.4 is 16.0 Å². The minimum absolute atomic E-state index is 0.00307. The summed E-state index contributed by atoms with van der Waals surface area (Å²) in [7, 11) is 0. The largest absolute Gasteiger partial charge is 0.466 e. The number of carbonyl (C=O) groups excluding carboxylic acids is 3. The Morgan fingerprint density at radius 1 is 1.15 bits per heavy atom. The van der Waals surface area contributed by atoms with Crippen molar-refractivity contribution in [1.29, 1.82) is 0 Å². The van der Waals surface area contributed by atoms with E-state index in [2.05, 4.69) is 16.0 Å². The van der Waals surface area contributed by atoms with Crippen LogP contribution in [0.4, 0.5) is 5.69 Å². The van der Waals surface area contributed by atoms with Crippen LogP contribution in [-0.4, -0.2) is 35.0 Å². The molecule has 3 N–H and O–H groups in total. The second kappa shape index (κ2) is 10.6. The summed E-state index contributed by atoms with van der Waals surface area (Å²) in [4.78, 5) is 35.5. The van der Waals surface area contributed by atoms with Crippen molar-refractivity contribution in [1.82, 2.24) is 10.6 Å². The second-order valence-corrected chi connectivity index (χ2v) is 7.42. The zero-order valence-electron chi connectivity index (χ0n) is 16.2. The number of ether oxygens (including phenoxy) is 1. The molecule has 0 aromatic heterocycles. The van der Waals surface area contributed by atoms with Crippen LogP contribution >= 0.6 is 12.2 Å². The number of rotatable bonds is 7. The van der Waals surface area contributed by atoms with Crippen LogP contribution in [0.2, 0.25) is 0 Å². The summed E-state index contributed by atoms with van der Waals surface area (Å²) < 4.78 is 4.91. The highest BCUT2D eigenvalue weighted by molar-refractivity contribution is 7.80. The van der Waals surface area contributed by atoms with E-state index in [0.29, 0.717) is 17.9 Å². The van der Waals surface area contributed by atoms with Crippen molar-refractivity contribution in [3.8, 4) is 0 Å². The van der Waals surface area contributed by atoms with Gasteiger partial charge in [-0.2, -0.15) is 0 Å². The molecule has 2 amide bonds. The van der Waals surface area contributed by atoms with Crippen molar-refractivity contribution in [3.63, 3.8) is 0 Å². The molecule has 0 radical (unpaired) electrons. The molecule has 0 spiro atoms. The summed E-state index contributed by atoms with van der Waals surface area (Å²) in [6.07, 6.45) is 0.716. The molecule has 0 fully saturated rings. The van der Waals surface area contributed by atoms with Crippen molar-refractivity contribution >= 4 is 40.8 Å².